The van der Waals surface area contributed by atoms with Gasteiger partial charge in [-0.2, -0.15) is 4.98 Å². The van der Waals surface area contributed by atoms with Crippen LogP contribution in [-0.4, -0.2) is 55.3 Å². The van der Waals surface area contributed by atoms with Crippen LogP contribution in [0.1, 0.15) is 12.8 Å². The number of fused-ring (bicyclic) bond motifs is 1. The summed E-state index contributed by atoms with van der Waals surface area (Å²) in [6.07, 6.45) is 2.27. The largest absolute Gasteiger partial charge is 0.423 e. The highest BCUT2D eigenvalue weighted by Gasteiger charge is 2.31. The van der Waals surface area contributed by atoms with Gasteiger partial charge in [-0.05, 0) is 31.0 Å². The molecule has 2 aromatic rings. The van der Waals surface area contributed by atoms with Gasteiger partial charge >= 0.3 is 0 Å². The second kappa shape index (κ2) is 5.44. The zero-order valence-electron chi connectivity index (χ0n) is 12.9. The van der Waals surface area contributed by atoms with Gasteiger partial charge in [0.1, 0.15) is 5.52 Å². The Hall–Kier alpha value is -1.79. The van der Waals surface area contributed by atoms with Crippen molar-refractivity contribution in [3.8, 4) is 0 Å². The molecule has 0 bridgehead atoms. The molecule has 1 aromatic heterocycles. The normalized spacial score (nSPS) is 21.1. The van der Waals surface area contributed by atoms with Crippen molar-refractivity contribution in [1.29, 1.82) is 0 Å². The summed E-state index contributed by atoms with van der Waals surface area (Å²) in [6.45, 7) is 4.03. The van der Waals surface area contributed by atoms with E-state index < -0.39 is 0 Å². The van der Waals surface area contributed by atoms with Crippen molar-refractivity contribution in [2.75, 3.05) is 44.0 Å². The SMILES string of the molecule is CN(c1nc2cc(N)ccc2o1)C1CCN(C2COC2)CC1. The third kappa shape index (κ3) is 2.42. The Kier molecular flexibility index (Phi) is 3.43. The quantitative estimate of drug-likeness (QED) is 0.871. The lowest BCUT2D eigenvalue weighted by atomic mass is 10.0. The van der Waals surface area contributed by atoms with E-state index in [1.54, 1.807) is 0 Å². The molecule has 0 amide bonds. The van der Waals surface area contributed by atoms with Gasteiger partial charge in [-0.1, -0.05) is 0 Å². The monoisotopic (exact) mass is 302 g/mol. The molecule has 6 nitrogen and oxygen atoms in total. The summed E-state index contributed by atoms with van der Waals surface area (Å²) in [5.74, 6) is 0. The molecule has 0 radical (unpaired) electrons. The van der Waals surface area contributed by atoms with Gasteiger partial charge < -0.3 is 19.8 Å². The number of nitrogen functional groups attached to an aromatic ring is 1. The van der Waals surface area contributed by atoms with Crippen LogP contribution in [0.2, 0.25) is 0 Å². The van der Waals surface area contributed by atoms with Crippen LogP contribution in [0.15, 0.2) is 22.6 Å². The first-order valence-electron chi connectivity index (χ1n) is 7.91. The first kappa shape index (κ1) is 13.8. The van der Waals surface area contributed by atoms with Crippen LogP contribution in [0.5, 0.6) is 0 Å². The second-order valence-corrected chi connectivity index (χ2v) is 6.29. The summed E-state index contributed by atoms with van der Waals surface area (Å²) < 4.78 is 11.2. The lowest BCUT2D eigenvalue weighted by Crippen LogP contribution is -2.54. The van der Waals surface area contributed by atoms with E-state index in [0.717, 1.165) is 50.2 Å². The van der Waals surface area contributed by atoms with E-state index in [1.165, 1.54) is 0 Å². The number of anilines is 2. The van der Waals surface area contributed by atoms with Gasteiger partial charge in [0, 0.05) is 31.9 Å². The second-order valence-electron chi connectivity index (χ2n) is 6.29. The number of ether oxygens (including phenoxy) is 1. The fourth-order valence-electron chi connectivity index (χ4n) is 3.31. The lowest BCUT2D eigenvalue weighted by Gasteiger charge is -2.42. The number of hydrogen-bond acceptors (Lipinski definition) is 6. The van der Waals surface area contributed by atoms with Crippen LogP contribution < -0.4 is 10.6 Å². The highest BCUT2D eigenvalue weighted by atomic mass is 16.5. The van der Waals surface area contributed by atoms with Gasteiger partial charge in [-0.25, -0.2) is 0 Å². The van der Waals surface area contributed by atoms with Crippen LogP contribution in [0, 0.1) is 0 Å². The maximum Gasteiger partial charge on any atom is 0.298 e. The summed E-state index contributed by atoms with van der Waals surface area (Å²) in [5, 5.41) is 0. The van der Waals surface area contributed by atoms with Gasteiger partial charge in [0.25, 0.3) is 6.01 Å². The molecule has 2 fully saturated rings. The zero-order valence-corrected chi connectivity index (χ0v) is 12.9. The fraction of sp³-hybridized carbons (Fsp3) is 0.562. The average Bonchev–Trinajstić information content (AvgIpc) is 2.88. The Morgan fingerprint density at radius 1 is 1.27 bits per heavy atom. The molecule has 6 heteroatoms. The molecule has 0 aliphatic carbocycles. The number of piperidine rings is 1. The summed E-state index contributed by atoms with van der Waals surface area (Å²) in [6, 6.07) is 7.38. The molecule has 0 unspecified atom stereocenters. The molecule has 2 saturated heterocycles. The van der Waals surface area contributed by atoms with E-state index in [1.807, 2.05) is 18.2 Å². The summed E-state index contributed by atoms with van der Waals surface area (Å²) in [7, 11) is 2.07. The number of nitrogens with zero attached hydrogens (tertiary/aromatic N) is 3. The summed E-state index contributed by atoms with van der Waals surface area (Å²) >= 11 is 0. The van der Waals surface area contributed by atoms with E-state index in [-0.39, 0.29) is 0 Å². The van der Waals surface area contributed by atoms with E-state index >= 15 is 0 Å². The molecule has 1 aromatic carbocycles. The number of nitrogens with two attached hydrogens (primary N) is 1. The first-order chi connectivity index (χ1) is 10.7. The molecule has 22 heavy (non-hydrogen) atoms. The fourth-order valence-corrected chi connectivity index (χ4v) is 3.31. The zero-order chi connectivity index (χ0) is 15.1. The number of rotatable bonds is 3. The predicted molar refractivity (Wildman–Crippen MR) is 86.0 cm³/mol. The molecule has 3 heterocycles. The molecule has 118 valence electrons. The standard InChI is InChI=1S/C16H22N4O2/c1-19(12-4-6-20(7-5-12)13-9-21-10-13)16-18-14-8-11(17)2-3-15(14)22-16/h2-3,8,12-13H,4-7,9-10,17H2,1H3. The van der Waals surface area contributed by atoms with E-state index in [2.05, 4.69) is 21.8 Å². The number of aromatic nitrogens is 1. The van der Waals surface area contributed by atoms with E-state index in [0.29, 0.717) is 23.8 Å². The van der Waals surface area contributed by atoms with Crippen LogP contribution in [-0.2, 0) is 4.74 Å². The maximum absolute atomic E-state index is 5.87. The highest BCUT2D eigenvalue weighted by molar-refractivity contribution is 5.78. The van der Waals surface area contributed by atoms with Gasteiger partial charge in [0.15, 0.2) is 5.58 Å². The highest BCUT2D eigenvalue weighted by Crippen LogP contribution is 2.27. The van der Waals surface area contributed by atoms with Crippen molar-refractivity contribution in [2.24, 2.45) is 0 Å². The Balaban J connectivity index is 1.45. The molecular weight excluding hydrogens is 280 g/mol. The first-order valence-corrected chi connectivity index (χ1v) is 7.91. The Bertz CT molecular complexity index is 659. The van der Waals surface area contributed by atoms with Gasteiger partial charge in [0.05, 0.1) is 19.3 Å². The van der Waals surface area contributed by atoms with E-state index in [4.69, 9.17) is 14.9 Å². The van der Waals surface area contributed by atoms with Crippen molar-refractivity contribution in [3.63, 3.8) is 0 Å². The predicted octanol–water partition coefficient (Wildman–Crippen LogP) is 1.71. The van der Waals surface area contributed by atoms with Crippen molar-refractivity contribution in [2.45, 2.75) is 24.9 Å². The Morgan fingerprint density at radius 2 is 2.05 bits per heavy atom. The van der Waals surface area contributed by atoms with Crippen molar-refractivity contribution >= 4 is 22.8 Å². The molecule has 0 spiro atoms. The minimum atomic E-state index is 0.475. The third-order valence-corrected chi connectivity index (χ3v) is 4.89. The van der Waals surface area contributed by atoms with Crippen LogP contribution in [0.3, 0.4) is 0 Å². The number of likely N-dealkylation sites (tertiary alicyclic amines) is 1. The Morgan fingerprint density at radius 3 is 2.73 bits per heavy atom. The Labute approximate surface area is 129 Å². The molecule has 2 aliphatic rings. The molecule has 2 N–H and O–H groups in total. The van der Waals surface area contributed by atoms with Gasteiger partial charge in [0.2, 0.25) is 0 Å². The molecule has 0 atom stereocenters. The molecule has 2 aliphatic heterocycles. The number of benzene rings is 1. The topological polar surface area (TPSA) is 67.8 Å². The molecule has 4 rings (SSSR count). The number of hydrogen-bond donors (Lipinski definition) is 1. The van der Waals surface area contributed by atoms with Crippen LogP contribution in [0.25, 0.3) is 11.1 Å². The molecule has 0 saturated carbocycles. The lowest BCUT2D eigenvalue weighted by molar-refractivity contribution is -0.0711. The number of oxazole rings is 1. The molecular formula is C16H22N4O2. The average molecular weight is 302 g/mol. The third-order valence-electron chi connectivity index (χ3n) is 4.89. The summed E-state index contributed by atoms with van der Waals surface area (Å²) in [4.78, 5) is 9.29. The maximum atomic E-state index is 5.87. The van der Waals surface area contributed by atoms with E-state index in [9.17, 15) is 0 Å². The smallest absolute Gasteiger partial charge is 0.298 e. The van der Waals surface area contributed by atoms with Crippen LogP contribution >= 0.6 is 0 Å². The van der Waals surface area contributed by atoms with Gasteiger partial charge in [-0.3, -0.25) is 4.90 Å². The minimum absolute atomic E-state index is 0.475. The van der Waals surface area contributed by atoms with Crippen LogP contribution in [0.4, 0.5) is 11.7 Å². The van der Waals surface area contributed by atoms with Crippen molar-refractivity contribution in [3.05, 3.63) is 18.2 Å². The van der Waals surface area contributed by atoms with Crippen molar-refractivity contribution < 1.29 is 9.15 Å². The minimum Gasteiger partial charge on any atom is -0.423 e. The van der Waals surface area contributed by atoms with Crippen molar-refractivity contribution in [1.82, 2.24) is 9.88 Å². The van der Waals surface area contributed by atoms with Gasteiger partial charge in [-0.15, -0.1) is 0 Å². The summed E-state index contributed by atoms with van der Waals surface area (Å²) in [5.41, 5.74) is 8.13.